The maximum Gasteiger partial charge on any atom is 0.338 e. The standard InChI is InChI=1S/C27H30N2O7S2/c1-4-36-26(33)18-9-11-19(12-10-18)28-23(30)8-6-5-7-13-29-25(32)22(38-27(29)37)16-17-14-20(34-2)24(31)21(15-17)35-3/h9-12,14-16,31H,4-8,13H2,1-3H3,(H,28,30)/b22-16-. The largest absolute Gasteiger partial charge is 0.502 e. The third-order valence-electron chi connectivity index (χ3n) is 5.64. The second-order valence-electron chi connectivity index (χ2n) is 8.26. The fourth-order valence-corrected chi connectivity index (χ4v) is 5.01. The summed E-state index contributed by atoms with van der Waals surface area (Å²) in [6.07, 6.45) is 4.13. The van der Waals surface area contributed by atoms with Gasteiger partial charge in [0.25, 0.3) is 5.91 Å². The van der Waals surface area contributed by atoms with Crippen LogP contribution in [0.25, 0.3) is 6.08 Å². The second-order valence-corrected chi connectivity index (χ2v) is 9.94. The highest BCUT2D eigenvalue weighted by Crippen LogP contribution is 2.39. The summed E-state index contributed by atoms with van der Waals surface area (Å²) in [5.74, 6) is -0.340. The van der Waals surface area contributed by atoms with E-state index in [2.05, 4.69) is 5.32 Å². The van der Waals surface area contributed by atoms with E-state index in [1.807, 2.05) is 0 Å². The average molecular weight is 559 g/mol. The molecule has 0 bridgehead atoms. The normalized spacial score (nSPS) is 14.1. The van der Waals surface area contributed by atoms with Crippen molar-refractivity contribution in [2.24, 2.45) is 0 Å². The van der Waals surface area contributed by atoms with Crippen molar-refractivity contribution in [3.8, 4) is 17.2 Å². The highest BCUT2D eigenvalue weighted by Gasteiger charge is 2.31. The number of unbranched alkanes of at least 4 members (excludes halogenated alkanes) is 2. The topological polar surface area (TPSA) is 114 Å². The molecule has 38 heavy (non-hydrogen) atoms. The van der Waals surface area contributed by atoms with E-state index in [9.17, 15) is 19.5 Å². The molecule has 0 spiro atoms. The summed E-state index contributed by atoms with van der Waals surface area (Å²) in [5.41, 5.74) is 1.67. The smallest absolute Gasteiger partial charge is 0.338 e. The van der Waals surface area contributed by atoms with Gasteiger partial charge >= 0.3 is 5.97 Å². The number of rotatable bonds is 12. The molecule has 0 saturated carbocycles. The Morgan fingerprint density at radius 1 is 1.08 bits per heavy atom. The van der Waals surface area contributed by atoms with Gasteiger partial charge in [-0.15, -0.1) is 0 Å². The summed E-state index contributed by atoms with van der Waals surface area (Å²) < 4.78 is 15.8. The average Bonchev–Trinajstić information content (AvgIpc) is 3.17. The van der Waals surface area contributed by atoms with Crippen molar-refractivity contribution in [3.63, 3.8) is 0 Å². The molecule has 1 saturated heterocycles. The van der Waals surface area contributed by atoms with Crippen LogP contribution in [0.15, 0.2) is 41.3 Å². The number of ether oxygens (including phenoxy) is 3. The molecule has 202 valence electrons. The lowest BCUT2D eigenvalue weighted by atomic mass is 10.1. The minimum absolute atomic E-state index is 0.111. The first-order valence-electron chi connectivity index (χ1n) is 12.0. The minimum Gasteiger partial charge on any atom is -0.502 e. The van der Waals surface area contributed by atoms with E-state index in [4.69, 9.17) is 26.4 Å². The van der Waals surface area contributed by atoms with Gasteiger partial charge in [0.15, 0.2) is 11.5 Å². The number of hydrogen-bond donors (Lipinski definition) is 2. The number of thiocarbonyl (C=S) groups is 1. The van der Waals surface area contributed by atoms with Gasteiger partial charge in [0.2, 0.25) is 11.7 Å². The SMILES string of the molecule is CCOC(=O)c1ccc(NC(=O)CCCCCN2C(=O)/C(=C/c3cc(OC)c(O)c(OC)c3)SC2=S)cc1. The lowest BCUT2D eigenvalue weighted by Crippen LogP contribution is -2.29. The quantitative estimate of drug-likeness (QED) is 0.161. The molecule has 2 aromatic rings. The zero-order valence-corrected chi connectivity index (χ0v) is 23.1. The number of methoxy groups -OCH3 is 2. The summed E-state index contributed by atoms with van der Waals surface area (Å²) in [5, 5.41) is 12.9. The molecular weight excluding hydrogens is 528 g/mol. The number of thioether (sulfide) groups is 1. The second kappa shape index (κ2) is 13.8. The summed E-state index contributed by atoms with van der Waals surface area (Å²) in [6, 6.07) is 9.78. The molecule has 1 fully saturated rings. The Morgan fingerprint density at radius 3 is 2.34 bits per heavy atom. The number of phenolic OH excluding ortho intramolecular Hbond substituents is 1. The minimum atomic E-state index is -0.400. The van der Waals surface area contributed by atoms with Crippen LogP contribution in [0.5, 0.6) is 17.2 Å². The Labute approximate surface area is 231 Å². The zero-order valence-electron chi connectivity index (χ0n) is 21.4. The van der Waals surface area contributed by atoms with Crippen LogP contribution in [-0.2, 0) is 14.3 Å². The lowest BCUT2D eigenvalue weighted by molar-refractivity contribution is -0.122. The molecule has 2 N–H and O–H groups in total. The number of phenols is 1. The number of hydrogen-bond acceptors (Lipinski definition) is 9. The molecule has 1 aliphatic heterocycles. The van der Waals surface area contributed by atoms with Crippen molar-refractivity contribution < 1.29 is 33.7 Å². The first kappa shape index (κ1) is 29.0. The molecule has 0 aliphatic carbocycles. The first-order chi connectivity index (χ1) is 18.3. The predicted octanol–water partition coefficient (Wildman–Crippen LogP) is 4.99. The Balaban J connectivity index is 1.45. The van der Waals surface area contributed by atoms with Crippen LogP contribution in [0.4, 0.5) is 5.69 Å². The van der Waals surface area contributed by atoms with Crippen molar-refractivity contribution in [2.75, 3.05) is 32.7 Å². The lowest BCUT2D eigenvalue weighted by Gasteiger charge is -2.14. The van der Waals surface area contributed by atoms with Gasteiger partial charge in [0.05, 0.1) is 31.3 Å². The molecular formula is C27H30N2O7S2. The van der Waals surface area contributed by atoms with E-state index < -0.39 is 5.97 Å². The maximum atomic E-state index is 12.9. The van der Waals surface area contributed by atoms with E-state index >= 15 is 0 Å². The van der Waals surface area contributed by atoms with E-state index in [1.54, 1.807) is 54.3 Å². The van der Waals surface area contributed by atoms with E-state index in [-0.39, 0.29) is 29.1 Å². The van der Waals surface area contributed by atoms with Crippen molar-refractivity contribution in [2.45, 2.75) is 32.6 Å². The van der Waals surface area contributed by atoms with Gasteiger partial charge < -0.3 is 24.6 Å². The fraction of sp³-hybridized carbons (Fsp3) is 0.333. The third-order valence-corrected chi connectivity index (χ3v) is 7.02. The van der Waals surface area contributed by atoms with Gasteiger partial charge in [-0.2, -0.15) is 0 Å². The van der Waals surface area contributed by atoms with Crippen molar-refractivity contribution in [1.29, 1.82) is 0 Å². The molecule has 1 heterocycles. The van der Waals surface area contributed by atoms with Crippen molar-refractivity contribution in [1.82, 2.24) is 4.90 Å². The van der Waals surface area contributed by atoms with Crippen LogP contribution in [0.2, 0.25) is 0 Å². The third kappa shape index (κ3) is 7.48. The van der Waals surface area contributed by atoms with Crippen LogP contribution in [0, 0.1) is 0 Å². The van der Waals surface area contributed by atoms with Crippen LogP contribution in [0.1, 0.15) is 48.5 Å². The van der Waals surface area contributed by atoms with Crippen LogP contribution in [0.3, 0.4) is 0 Å². The summed E-state index contributed by atoms with van der Waals surface area (Å²) in [7, 11) is 2.87. The molecule has 2 aromatic carbocycles. The molecule has 0 aromatic heterocycles. The van der Waals surface area contributed by atoms with Gasteiger partial charge in [0.1, 0.15) is 4.32 Å². The number of carbonyl (C=O) groups excluding carboxylic acids is 3. The molecule has 3 rings (SSSR count). The number of esters is 1. The maximum absolute atomic E-state index is 12.9. The highest BCUT2D eigenvalue weighted by molar-refractivity contribution is 8.26. The molecule has 9 nitrogen and oxygen atoms in total. The van der Waals surface area contributed by atoms with Gasteiger partial charge in [-0.3, -0.25) is 14.5 Å². The molecule has 1 aliphatic rings. The van der Waals surface area contributed by atoms with Gasteiger partial charge in [-0.05, 0) is 67.8 Å². The molecule has 0 radical (unpaired) electrons. The predicted molar refractivity (Wildman–Crippen MR) is 151 cm³/mol. The number of anilines is 1. The van der Waals surface area contributed by atoms with Crippen LogP contribution < -0.4 is 14.8 Å². The fourth-order valence-electron chi connectivity index (χ4n) is 3.70. The molecule has 0 unspecified atom stereocenters. The van der Waals surface area contributed by atoms with Crippen LogP contribution >= 0.6 is 24.0 Å². The highest BCUT2D eigenvalue weighted by atomic mass is 32.2. The summed E-state index contributed by atoms with van der Waals surface area (Å²) >= 11 is 6.62. The Morgan fingerprint density at radius 2 is 1.74 bits per heavy atom. The number of carbonyl (C=O) groups is 3. The number of aromatic hydroxyl groups is 1. The first-order valence-corrected chi connectivity index (χ1v) is 13.3. The van der Waals surface area contributed by atoms with E-state index in [0.717, 1.165) is 6.42 Å². The van der Waals surface area contributed by atoms with Crippen molar-refractivity contribution in [3.05, 3.63) is 52.4 Å². The Hall–Kier alpha value is -3.57. The number of nitrogens with zero attached hydrogens (tertiary/aromatic N) is 1. The summed E-state index contributed by atoms with van der Waals surface area (Å²) in [6.45, 7) is 2.50. The van der Waals surface area contributed by atoms with Gasteiger partial charge in [-0.25, -0.2) is 4.79 Å². The van der Waals surface area contributed by atoms with E-state index in [0.29, 0.717) is 58.5 Å². The number of amides is 2. The Bertz CT molecular complexity index is 1200. The zero-order chi connectivity index (χ0) is 27.7. The van der Waals surface area contributed by atoms with E-state index in [1.165, 1.54) is 26.0 Å². The van der Waals surface area contributed by atoms with Gasteiger partial charge in [-0.1, -0.05) is 30.4 Å². The van der Waals surface area contributed by atoms with Crippen LogP contribution in [-0.4, -0.2) is 59.5 Å². The number of nitrogens with one attached hydrogen (secondary N) is 1. The molecule has 11 heteroatoms. The molecule has 0 atom stereocenters. The van der Waals surface area contributed by atoms with Crippen molar-refractivity contribution >= 4 is 57.8 Å². The van der Waals surface area contributed by atoms with Gasteiger partial charge in [0, 0.05) is 18.7 Å². The number of benzene rings is 2. The monoisotopic (exact) mass is 558 g/mol. The molecule has 2 amide bonds. The summed E-state index contributed by atoms with van der Waals surface area (Å²) in [4.78, 5) is 38.9. The Kier molecular flexibility index (Phi) is 10.5.